The highest BCUT2D eigenvalue weighted by atomic mass is 19.1. The van der Waals surface area contributed by atoms with Crippen LogP contribution in [0, 0.1) is 11.6 Å². The van der Waals surface area contributed by atoms with E-state index in [-0.39, 0.29) is 17.2 Å². The molecule has 0 spiro atoms. The van der Waals surface area contributed by atoms with Crippen LogP contribution in [0.3, 0.4) is 0 Å². The fraction of sp³-hybridized carbons (Fsp3) is 0.158. The van der Waals surface area contributed by atoms with Crippen molar-refractivity contribution >= 4 is 5.91 Å². The molecular weight excluding hydrogens is 326 g/mol. The van der Waals surface area contributed by atoms with Crippen molar-refractivity contribution in [2.24, 2.45) is 0 Å². The lowest BCUT2D eigenvalue weighted by Gasteiger charge is -2.31. The van der Waals surface area contributed by atoms with Gasteiger partial charge in [-0.25, -0.2) is 8.78 Å². The Hall–Kier alpha value is -3.02. The summed E-state index contributed by atoms with van der Waals surface area (Å²) in [5, 5.41) is 0. The Morgan fingerprint density at radius 2 is 2.08 bits per heavy atom. The molecular formula is C19H16F2N2O2. The van der Waals surface area contributed by atoms with Crippen LogP contribution in [0.4, 0.5) is 8.78 Å². The van der Waals surface area contributed by atoms with Crippen LogP contribution in [0.15, 0.2) is 65.5 Å². The Morgan fingerprint density at radius 3 is 2.68 bits per heavy atom. The Labute approximate surface area is 143 Å². The van der Waals surface area contributed by atoms with Crippen molar-refractivity contribution in [1.82, 2.24) is 9.88 Å². The number of nitrogens with zero attached hydrogens (tertiary/aromatic N) is 2. The van der Waals surface area contributed by atoms with Gasteiger partial charge in [0.15, 0.2) is 5.76 Å². The molecule has 0 aliphatic heterocycles. The van der Waals surface area contributed by atoms with Crippen LogP contribution in [0.1, 0.15) is 34.6 Å². The Bertz CT molecular complexity index is 851. The summed E-state index contributed by atoms with van der Waals surface area (Å²) in [6, 6.07) is 9.19. The average Bonchev–Trinajstić information content (AvgIpc) is 3.15. The standard InChI is InChI=1S/C19H16F2N2O2/c1-2-23(19(24)17-6-4-10-25-17)18(13-5-3-9-22-12-13)15-8-7-14(20)11-16(15)21/h3-12,18H,2H2,1H3/t18-/m1/s1. The second-order valence-corrected chi connectivity index (χ2v) is 5.42. The quantitative estimate of drug-likeness (QED) is 0.698. The minimum atomic E-state index is -0.753. The Balaban J connectivity index is 2.11. The molecule has 0 radical (unpaired) electrons. The molecule has 0 unspecified atom stereocenters. The summed E-state index contributed by atoms with van der Waals surface area (Å²) in [5.41, 5.74) is 0.811. The molecule has 0 aliphatic rings. The van der Waals surface area contributed by atoms with Crippen LogP contribution >= 0.6 is 0 Å². The lowest BCUT2D eigenvalue weighted by molar-refractivity contribution is 0.0682. The number of pyridine rings is 1. The summed E-state index contributed by atoms with van der Waals surface area (Å²) in [4.78, 5) is 18.3. The first-order valence-electron chi connectivity index (χ1n) is 7.81. The maximum atomic E-state index is 14.5. The zero-order valence-electron chi connectivity index (χ0n) is 13.5. The second-order valence-electron chi connectivity index (χ2n) is 5.42. The molecule has 0 fully saturated rings. The minimum absolute atomic E-state index is 0.151. The first-order valence-corrected chi connectivity index (χ1v) is 7.81. The van der Waals surface area contributed by atoms with Gasteiger partial charge in [0.25, 0.3) is 5.91 Å². The lowest BCUT2D eigenvalue weighted by Crippen LogP contribution is -2.35. The molecule has 3 aromatic rings. The molecule has 0 saturated heterocycles. The molecule has 2 aromatic heterocycles. The van der Waals surface area contributed by atoms with Gasteiger partial charge in [-0.3, -0.25) is 9.78 Å². The van der Waals surface area contributed by atoms with Crippen molar-refractivity contribution in [3.63, 3.8) is 0 Å². The van der Waals surface area contributed by atoms with E-state index < -0.39 is 17.7 Å². The molecule has 0 N–H and O–H groups in total. The highest BCUT2D eigenvalue weighted by Crippen LogP contribution is 2.31. The van der Waals surface area contributed by atoms with E-state index in [1.54, 1.807) is 43.6 Å². The number of benzene rings is 1. The van der Waals surface area contributed by atoms with Crippen LogP contribution in [0.5, 0.6) is 0 Å². The number of carbonyl (C=O) groups excluding carboxylic acids is 1. The maximum absolute atomic E-state index is 14.5. The van der Waals surface area contributed by atoms with Gasteiger partial charge in [0.2, 0.25) is 0 Å². The zero-order valence-corrected chi connectivity index (χ0v) is 13.5. The van der Waals surface area contributed by atoms with E-state index in [0.717, 1.165) is 6.07 Å². The highest BCUT2D eigenvalue weighted by Gasteiger charge is 2.30. The van der Waals surface area contributed by atoms with Crippen LogP contribution in [-0.4, -0.2) is 22.3 Å². The summed E-state index contributed by atoms with van der Waals surface area (Å²) in [5.74, 6) is -1.63. The van der Waals surface area contributed by atoms with Gasteiger partial charge in [0, 0.05) is 30.6 Å². The summed E-state index contributed by atoms with van der Waals surface area (Å²) in [6.07, 6.45) is 4.55. The number of furan rings is 1. The number of amides is 1. The van der Waals surface area contributed by atoms with E-state index >= 15 is 0 Å². The van der Waals surface area contributed by atoms with Gasteiger partial charge in [-0.05, 0) is 36.8 Å². The van der Waals surface area contributed by atoms with Crippen molar-refractivity contribution in [2.45, 2.75) is 13.0 Å². The number of rotatable bonds is 5. The number of hydrogen-bond donors (Lipinski definition) is 0. The van der Waals surface area contributed by atoms with Gasteiger partial charge in [0.1, 0.15) is 11.6 Å². The van der Waals surface area contributed by atoms with E-state index in [9.17, 15) is 13.6 Å². The fourth-order valence-corrected chi connectivity index (χ4v) is 2.77. The number of carbonyl (C=O) groups is 1. The number of hydrogen-bond acceptors (Lipinski definition) is 3. The fourth-order valence-electron chi connectivity index (χ4n) is 2.77. The van der Waals surface area contributed by atoms with E-state index in [1.165, 1.54) is 23.3 Å². The van der Waals surface area contributed by atoms with Crippen molar-refractivity contribution in [3.05, 3.63) is 89.6 Å². The van der Waals surface area contributed by atoms with E-state index in [2.05, 4.69) is 4.98 Å². The first kappa shape index (κ1) is 16.8. The monoisotopic (exact) mass is 342 g/mol. The van der Waals surface area contributed by atoms with Gasteiger partial charge in [0.05, 0.1) is 12.3 Å². The van der Waals surface area contributed by atoms with Crippen LogP contribution in [0.25, 0.3) is 0 Å². The topological polar surface area (TPSA) is 46.3 Å². The summed E-state index contributed by atoms with van der Waals surface area (Å²) >= 11 is 0. The van der Waals surface area contributed by atoms with Crippen LogP contribution in [-0.2, 0) is 0 Å². The van der Waals surface area contributed by atoms with Gasteiger partial charge in [-0.15, -0.1) is 0 Å². The third kappa shape index (κ3) is 3.42. The SMILES string of the molecule is CCN(C(=O)c1ccco1)[C@H](c1cccnc1)c1ccc(F)cc1F. The van der Waals surface area contributed by atoms with Gasteiger partial charge < -0.3 is 9.32 Å². The predicted molar refractivity (Wildman–Crippen MR) is 87.9 cm³/mol. The zero-order chi connectivity index (χ0) is 17.8. The molecule has 6 heteroatoms. The number of halogens is 2. The third-order valence-corrected chi connectivity index (χ3v) is 3.90. The van der Waals surface area contributed by atoms with Crippen molar-refractivity contribution < 1.29 is 18.0 Å². The van der Waals surface area contributed by atoms with Gasteiger partial charge >= 0.3 is 0 Å². The summed E-state index contributed by atoms with van der Waals surface area (Å²) in [7, 11) is 0. The highest BCUT2D eigenvalue weighted by molar-refractivity contribution is 5.92. The Morgan fingerprint density at radius 1 is 1.24 bits per heavy atom. The van der Waals surface area contributed by atoms with Gasteiger partial charge in [-0.1, -0.05) is 12.1 Å². The maximum Gasteiger partial charge on any atom is 0.290 e. The van der Waals surface area contributed by atoms with Crippen molar-refractivity contribution in [3.8, 4) is 0 Å². The lowest BCUT2D eigenvalue weighted by atomic mass is 9.97. The smallest absolute Gasteiger partial charge is 0.290 e. The molecule has 3 rings (SSSR count). The molecule has 25 heavy (non-hydrogen) atoms. The van der Waals surface area contributed by atoms with Crippen LogP contribution in [0.2, 0.25) is 0 Å². The normalized spacial score (nSPS) is 12.0. The largest absolute Gasteiger partial charge is 0.459 e. The molecule has 0 saturated carbocycles. The third-order valence-electron chi connectivity index (χ3n) is 3.90. The predicted octanol–water partition coefficient (Wildman–Crippen LogP) is 4.20. The molecule has 2 heterocycles. The van der Waals surface area contributed by atoms with Gasteiger partial charge in [-0.2, -0.15) is 0 Å². The number of aromatic nitrogens is 1. The van der Waals surface area contributed by atoms with Crippen LogP contribution < -0.4 is 0 Å². The Kier molecular flexibility index (Phi) is 4.88. The van der Waals surface area contributed by atoms with E-state index in [1.807, 2.05) is 0 Å². The molecule has 1 aromatic carbocycles. The van der Waals surface area contributed by atoms with Crippen molar-refractivity contribution in [1.29, 1.82) is 0 Å². The van der Waals surface area contributed by atoms with E-state index in [4.69, 9.17) is 4.42 Å². The molecule has 0 aliphatic carbocycles. The molecule has 128 valence electrons. The second kappa shape index (κ2) is 7.25. The summed E-state index contributed by atoms with van der Waals surface area (Å²) < 4.78 is 33.0. The minimum Gasteiger partial charge on any atom is -0.459 e. The van der Waals surface area contributed by atoms with Crippen molar-refractivity contribution in [2.75, 3.05) is 6.54 Å². The first-order chi connectivity index (χ1) is 12.1. The average molecular weight is 342 g/mol. The molecule has 1 amide bonds. The molecule has 4 nitrogen and oxygen atoms in total. The molecule has 0 bridgehead atoms. The molecule has 1 atom stereocenters. The van der Waals surface area contributed by atoms with E-state index in [0.29, 0.717) is 12.1 Å². The summed E-state index contributed by atoms with van der Waals surface area (Å²) in [6.45, 7) is 2.08.